The second-order valence-electron chi connectivity index (χ2n) is 7.10. The Kier molecular flexibility index (Phi) is 5.93. The summed E-state index contributed by atoms with van der Waals surface area (Å²) in [5.41, 5.74) is 2.35. The zero-order valence-electron chi connectivity index (χ0n) is 16.5. The number of fused-ring (bicyclic) bond motifs is 1. The van der Waals surface area contributed by atoms with Crippen molar-refractivity contribution in [3.63, 3.8) is 0 Å². The zero-order valence-corrected chi connectivity index (χ0v) is 16.5. The van der Waals surface area contributed by atoms with Gasteiger partial charge in [-0.2, -0.15) is 0 Å². The van der Waals surface area contributed by atoms with Crippen LogP contribution in [0.15, 0.2) is 48.5 Å². The molecule has 28 heavy (non-hydrogen) atoms. The van der Waals surface area contributed by atoms with Crippen LogP contribution in [0, 0.1) is 11.7 Å². The first kappa shape index (κ1) is 19.8. The van der Waals surface area contributed by atoms with Gasteiger partial charge in [-0.1, -0.05) is 44.2 Å². The molecule has 1 unspecified atom stereocenters. The highest BCUT2D eigenvalue weighted by Gasteiger charge is 2.24. The molecule has 5 heteroatoms. The lowest BCUT2D eigenvalue weighted by atomic mass is 9.86. The number of halogens is 1. The minimum atomic E-state index is -0.269. The van der Waals surface area contributed by atoms with Gasteiger partial charge >= 0.3 is 5.97 Å². The summed E-state index contributed by atoms with van der Waals surface area (Å²) in [6.07, 6.45) is 0.257. The number of ether oxygens (including phenoxy) is 2. The van der Waals surface area contributed by atoms with E-state index in [-0.39, 0.29) is 30.0 Å². The van der Waals surface area contributed by atoms with Crippen LogP contribution in [0.5, 0.6) is 5.88 Å². The summed E-state index contributed by atoms with van der Waals surface area (Å²) in [4.78, 5) is 16.5. The van der Waals surface area contributed by atoms with E-state index in [9.17, 15) is 9.18 Å². The number of methoxy groups -OCH3 is 2. The van der Waals surface area contributed by atoms with Crippen LogP contribution in [-0.2, 0) is 9.53 Å². The second kappa shape index (κ2) is 8.38. The fourth-order valence-corrected chi connectivity index (χ4v) is 3.42. The van der Waals surface area contributed by atoms with Gasteiger partial charge in [-0.05, 0) is 29.5 Å². The van der Waals surface area contributed by atoms with Gasteiger partial charge in [0.15, 0.2) is 0 Å². The topological polar surface area (TPSA) is 48.4 Å². The summed E-state index contributed by atoms with van der Waals surface area (Å²) in [5, 5.41) is 1.39. The molecule has 0 spiro atoms. The van der Waals surface area contributed by atoms with Crippen LogP contribution in [0.1, 0.15) is 31.7 Å². The minimum absolute atomic E-state index is 0.0713. The van der Waals surface area contributed by atoms with Crippen LogP contribution < -0.4 is 4.74 Å². The van der Waals surface area contributed by atoms with Crippen LogP contribution >= 0.6 is 0 Å². The van der Waals surface area contributed by atoms with Gasteiger partial charge in [0.25, 0.3) is 0 Å². The maximum absolute atomic E-state index is 14.2. The van der Waals surface area contributed by atoms with E-state index in [1.807, 2.05) is 44.2 Å². The van der Waals surface area contributed by atoms with Crippen molar-refractivity contribution in [2.45, 2.75) is 26.2 Å². The van der Waals surface area contributed by atoms with Gasteiger partial charge in [0, 0.05) is 22.4 Å². The molecule has 0 radical (unpaired) electrons. The van der Waals surface area contributed by atoms with E-state index in [1.54, 1.807) is 19.2 Å². The highest BCUT2D eigenvalue weighted by Crippen LogP contribution is 2.36. The lowest BCUT2D eigenvalue weighted by molar-refractivity contribution is -0.141. The Morgan fingerprint density at radius 3 is 2.57 bits per heavy atom. The summed E-state index contributed by atoms with van der Waals surface area (Å²) in [6, 6.07) is 14.4. The minimum Gasteiger partial charge on any atom is -0.481 e. The number of hydrogen-bond acceptors (Lipinski definition) is 4. The molecule has 0 aliphatic carbocycles. The van der Waals surface area contributed by atoms with Crippen molar-refractivity contribution < 1.29 is 18.7 Å². The van der Waals surface area contributed by atoms with E-state index in [4.69, 9.17) is 9.47 Å². The first-order chi connectivity index (χ1) is 13.4. The van der Waals surface area contributed by atoms with Crippen molar-refractivity contribution in [3.8, 4) is 17.1 Å². The first-order valence-corrected chi connectivity index (χ1v) is 9.25. The number of carbonyl (C=O) groups is 1. The third-order valence-corrected chi connectivity index (χ3v) is 5.03. The zero-order chi connectivity index (χ0) is 20.3. The van der Waals surface area contributed by atoms with Crippen molar-refractivity contribution in [2.24, 2.45) is 5.92 Å². The van der Waals surface area contributed by atoms with Gasteiger partial charge in [0.05, 0.1) is 26.3 Å². The molecule has 0 saturated carbocycles. The summed E-state index contributed by atoms with van der Waals surface area (Å²) >= 11 is 0. The summed E-state index contributed by atoms with van der Waals surface area (Å²) < 4.78 is 24.5. The van der Waals surface area contributed by atoms with Gasteiger partial charge in [0.1, 0.15) is 5.82 Å². The molecule has 0 aliphatic rings. The van der Waals surface area contributed by atoms with Crippen molar-refractivity contribution in [2.75, 3.05) is 14.2 Å². The van der Waals surface area contributed by atoms with Crippen molar-refractivity contribution >= 4 is 16.7 Å². The van der Waals surface area contributed by atoms with Gasteiger partial charge in [-0.3, -0.25) is 4.79 Å². The van der Waals surface area contributed by atoms with E-state index in [2.05, 4.69) is 4.98 Å². The maximum atomic E-state index is 14.2. The van der Waals surface area contributed by atoms with Crippen molar-refractivity contribution in [3.05, 3.63) is 59.9 Å². The molecule has 0 bridgehead atoms. The second-order valence-corrected chi connectivity index (χ2v) is 7.10. The Bertz CT molecular complexity index is 1000. The largest absolute Gasteiger partial charge is 0.481 e. The molecular weight excluding hydrogens is 357 g/mol. The standard InChI is InChI=1S/C23H24FNO3/c1-14(2)18(13-22(26)27-3)17-10-11-21(25-23(17)28-4)16-9-8-15-6-5-7-20(24)19(15)12-16/h5-12,14,18H,13H2,1-4H3. The Hall–Kier alpha value is -2.95. The molecule has 0 N–H and O–H groups in total. The van der Waals surface area contributed by atoms with E-state index >= 15 is 0 Å². The third kappa shape index (κ3) is 3.98. The molecule has 1 aromatic heterocycles. The summed E-state index contributed by atoms with van der Waals surface area (Å²) in [7, 11) is 2.95. The van der Waals surface area contributed by atoms with E-state index in [0.717, 1.165) is 16.5 Å². The molecule has 1 heterocycles. The summed E-state index contributed by atoms with van der Waals surface area (Å²) in [5.74, 6) is 0.0675. The lowest BCUT2D eigenvalue weighted by Gasteiger charge is -2.22. The number of aromatic nitrogens is 1. The molecule has 0 fully saturated rings. The van der Waals surface area contributed by atoms with E-state index in [0.29, 0.717) is 17.0 Å². The molecule has 0 saturated heterocycles. The number of benzene rings is 2. The number of pyridine rings is 1. The molecule has 0 amide bonds. The molecule has 0 aliphatic heterocycles. The van der Waals surface area contributed by atoms with Crippen LogP contribution in [0.25, 0.3) is 22.0 Å². The van der Waals surface area contributed by atoms with Crippen LogP contribution in [0.2, 0.25) is 0 Å². The molecule has 4 nitrogen and oxygen atoms in total. The third-order valence-electron chi connectivity index (χ3n) is 5.03. The lowest BCUT2D eigenvalue weighted by Crippen LogP contribution is -2.15. The molecule has 3 rings (SSSR count). The number of hydrogen-bond donors (Lipinski definition) is 0. The average molecular weight is 381 g/mol. The maximum Gasteiger partial charge on any atom is 0.306 e. The predicted molar refractivity (Wildman–Crippen MR) is 108 cm³/mol. The number of esters is 1. The van der Waals surface area contributed by atoms with Crippen LogP contribution in [0.4, 0.5) is 4.39 Å². The monoisotopic (exact) mass is 381 g/mol. The van der Waals surface area contributed by atoms with Gasteiger partial charge in [-0.25, -0.2) is 9.37 Å². The highest BCUT2D eigenvalue weighted by molar-refractivity contribution is 5.87. The average Bonchev–Trinajstić information content (AvgIpc) is 2.71. The first-order valence-electron chi connectivity index (χ1n) is 9.25. The van der Waals surface area contributed by atoms with Crippen LogP contribution in [-0.4, -0.2) is 25.2 Å². The van der Waals surface area contributed by atoms with Gasteiger partial charge in [0.2, 0.25) is 5.88 Å². The molecular formula is C23H24FNO3. The molecule has 1 atom stereocenters. The van der Waals surface area contributed by atoms with Crippen LogP contribution in [0.3, 0.4) is 0 Å². The molecule has 2 aromatic carbocycles. The predicted octanol–water partition coefficient (Wildman–Crippen LogP) is 5.35. The van der Waals surface area contributed by atoms with Crippen molar-refractivity contribution in [1.82, 2.24) is 4.98 Å². The SMILES string of the molecule is COC(=O)CC(c1ccc(-c2ccc3cccc(F)c3c2)nc1OC)C(C)C. The van der Waals surface area contributed by atoms with E-state index in [1.165, 1.54) is 13.2 Å². The molecule has 3 aromatic rings. The molecule has 146 valence electrons. The van der Waals surface area contributed by atoms with Gasteiger partial charge < -0.3 is 9.47 Å². The normalized spacial score (nSPS) is 12.2. The fraction of sp³-hybridized carbons (Fsp3) is 0.304. The summed E-state index contributed by atoms with van der Waals surface area (Å²) in [6.45, 7) is 4.10. The Balaban J connectivity index is 2.03. The van der Waals surface area contributed by atoms with Crippen molar-refractivity contribution in [1.29, 1.82) is 0 Å². The fourth-order valence-electron chi connectivity index (χ4n) is 3.42. The van der Waals surface area contributed by atoms with E-state index < -0.39 is 0 Å². The Morgan fingerprint density at radius 1 is 1.11 bits per heavy atom. The smallest absolute Gasteiger partial charge is 0.306 e. The quantitative estimate of drug-likeness (QED) is 0.540. The van der Waals surface area contributed by atoms with Gasteiger partial charge in [-0.15, -0.1) is 0 Å². The Morgan fingerprint density at radius 2 is 1.89 bits per heavy atom. The number of rotatable bonds is 6. The number of carbonyl (C=O) groups excluding carboxylic acids is 1. The Labute approximate surface area is 164 Å². The number of nitrogens with zero attached hydrogens (tertiary/aromatic N) is 1. The highest BCUT2D eigenvalue weighted by atomic mass is 19.1.